The van der Waals surface area contributed by atoms with Gasteiger partial charge in [0.25, 0.3) is 0 Å². The number of carbonyl (C=O) groups excluding carboxylic acids is 4. The number of nitrogens with one attached hydrogen (secondary N) is 4. The van der Waals surface area contributed by atoms with Crippen LogP contribution in [0.2, 0.25) is 0 Å². The number of piperidine rings is 1. The number of ether oxygens (including phenoxy) is 2. The summed E-state index contributed by atoms with van der Waals surface area (Å²) in [6, 6.07) is 27.0. The summed E-state index contributed by atoms with van der Waals surface area (Å²) >= 11 is 0. The minimum absolute atomic E-state index is 0.0222. The molecule has 63 heavy (non-hydrogen) atoms. The second-order valence-corrected chi connectivity index (χ2v) is 16.8. The number of hydrogen-bond donors (Lipinski definition) is 4. The van der Waals surface area contributed by atoms with Gasteiger partial charge in [-0.15, -0.1) is 0 Å². The third-order valence-electron chi connectivity index (χ3n) is 12.4. The van der Waals surface area contributed by atoms with Gasteiger partial charge in [0, 0.05) is 31.1 Å². The Balaban J connectivity index is 0.924. The van der Waals surface area contributed by atoms with E-state index in [-0.39, 0.29) is 29.7 Å². The highest BCUT2D eigenvalue weighted by molar-refractivity contribution is 5.91. The number of fused-ring (bicyclic) bond motifs is 1. The number of rotatable bonds is 11. The molecule has 14 nitrogen and oxygen atoms in total. The molecule has 326 valence electrons. The molecule has 4 heterocycles. The number of aromatic amines is 2. The number of carbonyl (C=O) groups is 4. The number of hydrogen-bond acceptors (Lipinski definition) is 8. The number of methoxy groups -OCH3 is 2. The molecule has 0 saturated carbocycles. The van der Waals surface area contributed by atoms with Gasteiger partial charge >= 0.3 is 12.2 Å². The third kappa shape index (κ3) is 9.16. The highest BCUT2D eigenvalue weighted by Gasteiger charge is 2.38. The summed E-state index contributed by atoms with van der Waals surface area (Å²) in [7, 11) is 2.59. The van der Waals surface area contributed by atoms with Crippen molar-refractivity contribution in [3.8, 4) is 33.6 Å². The molecule has 4 aromatic carbocycles. The van der Waals surface area contributed by atoms with Gasteiger partial charge in [-0.1, -0.05) is 86.6 Å². The molecule has 0 spiro atoms. The monoisotopic (exact) mass is 850 g/mol. The van der Waals surface area contributed by atoms with E-state index in [2.05, 4.69) is 81.3 Å². The third-order valence-corrected chi connectivity index (χ3v) is 12.4. The van der Waals surface area contributed by atoms with Crippen molar-refractivity contribution >= 4 is 34.8 Å². The smallest absolute Gasteiger partial charge is 0.407 e. The van der Waals surface area contributed by atoms with E-state index in [9.17, 15) is 19.2 Å². The second-order valence-electron chi connectivity index (χ2n) is 16.8. The van der Waals surface area contributed by atoms with Crippen molar-refractivity contribution in [2.45, 2.75) is 70.5 Å². The van der Waals surface area contributed by atoms with Crippen LogP contribution in [-0.2, 0) is 19.1 Å². The zero-order chi connectivity index (χ0) is 44.2. The van der Waals surface area contributed by atoms with Crippen LogP contribution in [0.4, 0.5) is 9.59 Å². The first kappa shape index (κ1) is 42.7. The second kappa shape index (κ2) is 18.6. The van der Waals surface area contributed by atoms with Gasteiger partial charge in [-0.3, -0.25) is 9.59 Å². The standard InChI is InChI=1S/C49H54N8O6/c1-29(2)42(54-48(60)62-4)47(59)57-23-9-13-41(57)45-51-27-40(53-45)36-21-20-34-24-33(18-19-35(34)25-36)31-14-16-32(17-15-31)39-26-50-44(52-39)37-11-8-22-56(28-37)46(58)43(55-49(61)63-5)38-12-7-6-10-30(38)3/h6-7,10,12,14-21,24-27,29,37,41-43H,8-9,11,13,22-23,28H2,1-5H3,(H,50,52)(H,51,53)(H,54,60)(H,55,61)/t37?,41-,42-,43+/m0/s1. The van der Waals surface area contributed by atoms with Gasteiger partial charge in [-0.2, -0.15) is 0 Å². The van der Waals surface area contributed by atoms with Crippen molar-refractivity contribution in [2.75, 3.05) is 33.9 Å². The van der Waals surface area contributed by atoms with Crippen molar-refractivity contribution in [3.63, 3.8) is 0 Å². The van der Waals surface area contributed by atoms with Crippen LogP contribution >= 0.6 is 0 Å². The van der Waals surface area contributed by atoms with Gasteiger partial charge in [-0.05, 0) is 89.2 Å². The van der Waals surface area contributed by atoms with Crippen LogP contribution in [0.15, 0.2) is 97.3 Å². The first-order chi connectivity index (χ1) is 30.5. The Morgan fingerprint density at radius 3 is 2.02 bits per heavy atom. The number of benzene rings is 4. The van der Waals surface area contributed by atoms with Crippen LogP contribution in [-0.4, -0.2) is 93.6 Å². The molecule has 0 radical (unpaired) electrons. The molecule has 4 amide bonds. The van der Waals surface area contributed by atoms with Gasteiger partial charge in [0.2, 0.25) is 11.8 Å². The molecule has 6 aromatic rings. The molecule has 4 atom stereocenters. The zero-order valence-electron chi connectivity index (χ0n) is 36.3. The maximum Gasteiger partial charge on any atom is 0.407 e. The highest BCUT2D eigenvalue weighted by Crippen LogP contribution is 2.35. The van der Waals surface area contributed by atoms with E-state index in [1.165, 1.54) is 14.2 Å². The van der Waals surface area contributed by atoms with Crippen molar-refractivity contribution in [3.05, 3.63) is 120 Å². The van der Waals surface area contributed by atoms with Crippen LogP contribution in [0.1, 0.15) is 80.3 Å². The highest BCUT2D eigenvalue weighted by atomic mass is 16.5. The topological polar surface area (TPSA) is 175 Å². The quantitative estimate of drug-likeness (QED) is 0.100. The molecular weight excluding hydrogens is 797 g/mol. The number of imidazole rings is 2. The normalized spacial score (nSPS) is 17.4. The van der Waals surface area contributed by atoms with Crippen LogP contribution in [0.3, 0.4) is 0 Å². The van der Waals surface area contributed by atoms with E-state index in [0.717, 1.165) is 92.9 Å². The lowest BCUT2D eigenvalue weighted by molar-refractivity contribution is -0.136. The minimum atomic E-state index is -0.850. The minimum Gasteiger partial charge on any atom is -0.453 e. The average molecular weight is 851 g/mol. The first-order valence-corrected chi connectivity index (χ1v) is 21.6. The van der Waals surface area contributed by atoms with E-state index in [4.69, 9.17) is 19.4 Å². The van der Waals surface area contributed by atoms with Crippen LogP contribution < -0.4 is 10.6 Å². The van der Waals surface area contributed by atoms with E-state index in [1.807, 2.05) is 67.2 Å². The SMILES string of the molecule is COC(=O)N[C@H](C(=O)N1CCC[C@H]1c1ncc(-c2ccc3cc(-c4ccc(-c5cnc(C6CCCN(C(=O)[C@H](NC(=O)OC)c7ccccc7C)C6)[nH]5)cc4)ccc3c2)[nH]1)C(C)C. The van der Waals surface area contributed by atoms with Gasteiger partial charge in [-0.25, -0.2) is 19.6 Å². The molecule has 2 aromatic heterocycles. The van der Waals surface area contributed by atoms with Crippen LogP contribution in [0, 0.1) is 12.8 Å². The fourth-order valence-corrected chi connectivity index (χ4v) is 8.91. The Kier molecular flexibility index (Phi) is 12.6. The maximum atomic E-state index is 13.9. The molecule has 2 aliphatic rings. The van der Waals surface area contributed by atoms with Gasteiger partial charge in [0.05, 0.1) is 44.0 Å². The summed E-state index contributed by atoms with van der Waals surface area (Å²) in [4.78, 5) is 72.0. The van der Waals surface area contributed by atoms with E-state index in [1.54, 1.807) is 0 Å². The predicted octanol–water partition coefficient (Wildman–Crippen LogP) is 8.44. The van der Waals surface area contributed by atoms with Gasteiger partial charge < -0.3 is 39.9 Å². The lowest BCUT2D eigenvalue weighted by Crippen LogP contribution is -2.51. The van der Waals surface area contributed by atoms with Crippen molar-refractivity contribution in [1.29, 1.82) is 0 Å². The summed E-state index contributed by atoms with van der Waals surface area (Å²) in [6.45, 7) is 7.42. The summed E-state index contributed by atoms with van der Waals surface area (Å²) in [5.41, 5.74) is 7.62. The molecule has 2 aliphatic heterocycles. The van der Waals surface area contributed by atoms with E-state index in [0.29, 0.717) is 19.6 Å². The molecule has 2 saturated heterocycles. The Morgan fingerprint density at radius 2 is 1.30 bits per heavy atom. The molecule has 0 bridgehead atoms. The molecule has 1 unspecified atom stereocenters. The number of likely N-dealkylation sites (tertiary alicyclic amines) is 2. The predicted molar refractivity (Wildman–Crippen MR) is 240 cm³/mol. The van der Waals surface area contributed by atoms with Crippen molar-refractivity contribution < 1.29 is 28.7 Å². The lowest BCUT2D eigenvalue weighted by atomic mass is 9.95. The number of aromatic nitrogens is 4. The number of amides is 4. The Hall–Kier alpha value is -6.96. The van der Waals surface area contributed by atoms with Crippen LogP contribution in [0.25, 0.3) is 44.4 Å². The maximum absolute atomic E-state index is 13.9. The Labute approximate surface area is 366 Å². The average Bonchev–Trinajstić information content (AvgIpc) is 4.12. The summed E-state index contributed by atoms with van der Waals surface area (Å²) in [5, 5.41) is 7.66. The largest absolute Gasteiger partial charge is 0.453 e. The van der Waals surface area contributed by atoms with Crippen LogP contribution in [0.5, 0.6) is 0 Å². The Bertz CT molecular complexity index is 2620. The summed E-state index contributed by atoms with van der Waals surface area (Å²) < 4.78 is 9.64. The van der Waals surface area contributed by atoms with E-state index >= 15 is 0 Å². The summed E-state index contributed by atoms with van der Waals surface area (Å²) in [5.74, 6) is 1.17. The molecule has 14 heteroatoms. The van der Waals surface area contributed by atoms with E-state index < -0.39 is 24.3 Å². The number of H-pyrrole nitrogens is 2. The molecule has 2 fully saturated rings. The number of nitrogens with zero attached hydrogens (tertiary/aromatic N) is 4. The number of alkyl carbamates (subject to hydrolysis) is 2. The lowest BCUT2D eigenvalue weighted by Gasteiger charge is -2.34. The number of aryl methyl sites for hydroxylation is 1. The summed E-state index contributed by atoms with van der Waals surface area (Å²) in [6.07, 6.45) is 5.74. The van der Waals surface area contributed by atoms with Gasteiger partial charge in [0.1, 0.15) is 23.7 Å². The molecule has 4 N–H and O–H groups in total. The fraction of sp³-hybridized carbons (Fsp3) is 0.347. The van der Waals surface area contributed by atoms with Crippen molar-refractivity contribution in [1.82, 2.24) is 40.4 Å². The van der Waals surface area contributed by atoms with Crippen molar-refractivity contribution in [2.24, 2.45) is 5.92 Å². The zero-order valence-corrected chi connectivity index (χ0v) is 36.3. The fourth-order valence-electron chi connectivity index (χ4n) is 8.91. The molecule has 8 rings (SSSR count). The Morgan fingerprint density at radius 1 is 0.698 bits per heavy atom. The molecule has 0 aliphatic carbocycles. The first-order valence-electron chi connectivity index (χ1n) is 21.6. The molecular formula is C49H54N8O6. The van der Waals surface area contributed by atoms with Gasteiger partial charge in [0.15, 0.2) is 0 Å².